The van der Waals surface area contributed by atoms with Crippen molar-refractivity contribution in [3.63, 3.8) is 0 Å². The van der Waals surface area contributed by atoms with Crippen molar-refractivity contribution in [2.75, 3.05) is 7.11 Å². The van der Waals surface area contributed by atoms with Gasteiger partial charge in [0.1, 0.15) is 0 Å². The van der Waals surface area contributed by atoms with Gasteiger partial charge >= 0.3 is 5.97 Å². The molecule has 0 aromatic carbocycles. The number of allylic oxidation sites excluding steroid dienone is 3. The molecule has 0 spiro atoms. The zero-order valence-corrected chi connectivity index (χ0v) is 10.2. The summed E-state index contributed by atoms with van der Waals surface area (Å²) in [5.74, 6) is 0.341. The van der Waals surface area contributed by atoms with E-state index in [-0.39, 0.29) is 5.97 Å². The van der Waals surface area contributed by atoms with E-state index in [1.54, 1.807) is 0 Å². The molecule has 0 fully saturated rings. The predicted molar refractivity (Wildman–Crippen MR) is 63.6 cm³/mol. The third kappa shape index (κ3) is 9.26. The lowest BCUT2D eigenvalue weighted by atomic mass is 10.0. The first kappa shape index (κ1) is 13.9. The minimum absolute atomic E-state index is 0.272. The fraction of sp³-hybridized carbons (Fsp3) is 0.615. The number of carbonyl (C=O) groups excluding carboxylic acids is 1. The summed E-state index contributed by atoms with van der Waals surface area (Å²) in [7, 11) is 1.39. The number of rotatable bonds is 6. The van der Waals surface area contributed by atoms with E-state index in [0.29, 0.717) is 5.92 Å². The summed E-state index contributed by atoms with van der Waals surface area (Å²) in [5, 5.41) is 0. The van der Waals surface area contributed by atoms with Crippen LogP contribution in [-0.4, -0.2) is 13.1 Å². The van der Waals surface area contributed by atoms with Crippen LogP contribution < -0.4 is 0 Å². The molecule has 0 heterocycles. The van der Waals surface area contributed by atoms with E-state index >= 15 is 0 Å². The monoisotopic (exact) mass is 210 g/mol. The van der Waals surface area contributed by atoms with E-state index in [1.165, 1.54) is 18.8 Å². The second kappa shape index (κ2) is 8.27. The van der Waals surface area contributed by atoms with Crippen molar-refractivity contribution in [3.8, 4) is 0 Å². The molecule has 15 heavy (non-hydrogen) atoms. The van der Waals surface area contributed by atoms with E-state index in [4.69, 9.17) is 0 Å². The predicted octanol–water partition coefficient (Wildman–Crippen LogP) is 3.49. The normalized spacial score (nSPS) is 12.5. The van der Waals surface area contributed by atoms with Crippen LogP contribution in [0.1, 0.15) is 40.0 Å². The van der Waals surface area contributed by atoms with Gasteiger partial charge < -0.3 is 4.74 Å². The molecule has 0 saturated carbocycles. The van der Waals surface area contributed by atoms with Crippen molar-refractivity contribution < 1.29 is 9.53 Å². The molecule has 1 atom stereocenters. The van der Waals surface area contributed by atoms with E-state index in [9.17, 15) is 4.79 Å². The first-order valence-electron chi connectivity index (χ1n) is 5.44. The lowest BCUT2D eigenvalue weighted by molar-refractivity contribution is -0.134. The van der Waals surface area contributed by atoms with Gasteiger partial charge in [0.15, 0.2) is 0 Å². The Bertz CT molecular complexity index is 235. The lowest BCUT2D eigenvalue weighted by Crippen LogP contribution is -1.96. The van der Waals surface area contributed by atoms with Gasteiger partial charge in [-0.05, 0) is 39.0 Å². The summed E-state index contributed by atoms with van der Waals surface area (Å²) in [4.78, 5) is 10.8. The average Bonchev–Trinajstić information content (AvgIpc) is 2.17. The zero-order valence-electron chi connectivity index (χ0n) is 10.2. The number of esters is 1. The molecule has 0 amide bonds. The lowest BCUT2D eigenvalue weighted by Gasteiger charge is -2.05. The highest BCUT2D eigenvalue weighted by Crippen LogP contribution is 2.12. The van der Waals surface area contributed by atoms with Crippen LogP contribution in [0.2, 0.25) is 0 Å². The van der Waals surface area contributed by atoms with Crippen LogP contribution in [0.25, 0.3) is 0 Å². The second-order valence-corrected chi connectivity index (χ2v) is 4.13. The van der Waals surface area contributed by atoms with Crippen molar-refractivity contribution >= 4 is 5.97 Å². The van der Waals surface area contributed by atoms with Crippen LogP contribution in [0.5, 0.6) is 0 Å². The highest BCUT2D eigenvalue weighted by atomic mass is 16.5. The van der Waals surface area contributed by atoms with Crippen LogP contribution in [0, 0.1) is 5.92 Å². The summed E-state index contributed by atoms with van der Waals surface area (Å²) in [6.45, 7) is 6.42. The Kier molecular flexibility index (Phi) is 7.69. The molecule has 0 aliphatic heterocycles. The molecule has 2 heteroatoms. The first-order valence-corrected chi connectivity index (χ1v) is 5.44. The molecule has 0 bridgehead atoms. The van der Waals surface area contributed by atoms with E-state index in [0.717, 1.165) is 19.3 Å². The van der Waals surface area contributed by atoms with Gasteiger partial charge in [-0.15, -0.1) is 0 Å². The third-order valence-electron chi connectivity index (χ3n) is 2.21. The molecular weight excluding hydrogens is 188 g/mol. The molecule has 0 unspecified atom stereocenters. The van der Waals surface area contributed by atoms with Crippen LogP contribution in [0.15, 0.2) is 23.8 Å². The molecule has 0 aliphatic carbocycles. The molecule has 86 valence electrons. The highest BCUT2D eigenvalue weighted by Gasteiger charge is 1.98. The minimum atomic E-state index is -0.272. The van der Waals surface area contributed by atoms with E-state index in [1.807, 2.05) is 6.08 Å². The van der Waals surface area contributed by atoms with Gasteiger partial charge in [-0.2, -0.15) is 0 Å². The standard InChI is InChI=1S/C13H22O2/c1-11(2)7-5-8-12(3)9-6-10-13(14)15-4/h6-7,10,12H,5,8-9H2,1-4H3/b10-6+/t12-/m1/s1. The summed E-state index contributed by atoms with van der Waals surface area (Å²) in [5.41, 5.74) is 1.37. The van der Waals surface area contributed by atoms with Gasteiger partial charge in [0.05, 0.1) is 7.11 Å². The largest absolute Gasteiger partial charge is 0.466 e. The zero-order chi connectivity index (χ0) is 11.7. The SMILES string of the molecule is COC(=O)/C=C/C[C@H](C)CCC=C(C)C. The number of methoxy groups -OCH3 is 1. The number of ether oxygens (including phenoxy) is 1. The van der Waals surface area contributed by atoms with Gasteiger partial charge in [0, 0.05) is 6.08 Å². The van der Waals surface area contributed by atoms with Crippen LogP contribution in [0.4, 0.5) is 0 Å². The van der Waals surface area contributed by atoms with Crippen molar-refractivity contribution in [1.29, 1.82) is 0 Å². The van der Waals surface area contributed by atoms with Gasteiger partial charge in [0.25, 0.3) is 0 Å². The molecular formula is C13H22O2. The van der Waals surface area contributed by atoms with Crippen LogP contribution in [0.3, 0.4) is 0 Å². The average molecular weight is 210 g/mol. The molecule has 0 rings (SSSR count). The molecule has 0 aromatic rings. The molecule has 0 saturated heterocycles. The number of hydrogen-bond donors (Lipinski definition) is 0. The van der Waals surface area contributed by atoms with Crippen molar-refractivity contribution in [2.45, 2.75) is 40.0 Å². The number of hydrogen-bond acceptors (Lipinski definition) is 2. The molecule has 2 nitrogen and oxygen atoms in total. The molecule has 0 aromatic heterocycles. The summed E-state index contributed by atoms with van der Waals surface area (Å²) in [6, 6.07) is 0. The fourth-order valence-corrected chi connectivity index (χ4v) is 1.24. The Hall–Kier alpha value is -1.05. The van der Waals surface area contributed by atoms with Gasteiger partial charge in [-0.3, -0.25) is 0 Å². The highest BCUT2D eigenvalue weighted by molar-refractivity contribution is 5.81. The first-order chi connectivity index (χ1) is 7.06. The van der Waals surface area contributed by atoms with Gasteiger partial charge in [-0.25, -0.2) is 4.79 Å². The Morgan fingerprint density at radius 1 is 1.40 bits per heavy atom. The van der Waals surface area contributed by atoms with Gasteiger partial charge in [0.2, 0.25) is 0 Å². The minimum Gasteiger partial charge on any atom is -0.466 e. The van der Waals surface area contributed by atoms with E-state index < -0.39 is 0 Å². The topological polar surface area (TPSA) is 26.3 Å². The van der Waals surface area contributed by atoms with Crippen LogP contribution >= 0.6 is 0 Å². The van der Waals surface area contributed by atoms with Crippen molar-refractivity contribution in [1.82, 2.24) is 0 Å². The summed E-state index contributed by atoms with van der Waals surface area (Å²) >= 11 is 0. The third-order valence-corrected chi connectivity index (χ3v) is 2.21. The molecule has 0 aliphatic rings. The quantitative estimate of drug-likeness (QED) is 0.381. The summed E-state index contributed by atoms with van der Waals surface area (Å²) in [6.07, 6.45) is 8.86. The Morgan fingerprint density at radius 3 is 2.60 bits per heavy atom. The molecule has 0 N–H and O–H groups in total. The smallest absolute Gasteiger partial charge is 0.330 e. The fourth-order valence-electron chi connectivity index (χ4n) is 1.24. The van der Waals surface area contributed by atoms with E-state index in [2.05, 4.69) is 31.6 Å². The second-order valence-electron chi connectivity index (χ2n) is 4.13. The maximum Gasteiger partial charge on any atom is 0.330 e. The van der Waals surface area contributed by atoms with Crippen molar-refractivity contribution in [2.24, 2.45) is 5.92 Å². The number of carbonyl (C=O) groups is 1. The Labute approximate surface area is 93.0 Å². The Morgan fingerprint density at radius 2 is 2.07 bits per heavy atom. The maximum atomic E-state index is 10.8. The van der Waals surface area contributed by atoms with Crippen molar-refractivity contribution in [3.05, 3.63) is 23.8 Å². The summed E-state index contributed by atoms with van der Waals surface area (Å²) < 4.78 is 4.51. The van der Waals surface area contributed by atoms with Crippen LogP contribution in [-0.2, 0) is 9.53 Å². The molecule has 0 radical (unpaired) electrons. The maximum absolute atomic E-state index is 10.8. The Balaban J connectivity index is 3.66. The van der Waals surface area contributed by atoms with Gasteiger partial charge in [-0.1, -0.05) is 24.6 Å².